The molecule has 2 aromatic rings. The molecule has 0 radical (unpaired) electrons. The lowest BCUT2D eigenvalue weighted by Gasteiger charge is -2.24. The summed E-state index contributed by atoms with van der Waals surface area (Å²) in [4.78, 5) is 12.9. The molecule has 0 aromatic carbocycles. The van der Waals surface area contributed by atoms with Crippen LogP contribution in [-0.4, -0.2) is 47.3 Å². The van der Waals surface area contributed by atoms with E-state index in [0.717, 1.165) is 49.0 Å². The van der Waals surface area contributed by atoms with E-state index in [2.05, 4.69) is 30.9 Å². The van der Waals surface area contributed by atoms with E-state index in [-0.39, 0.29) is 6.10 Å². The summed E-state index contributed by atoms with van der Waals surface area (Å²) in [6.45, 7) is 7.27. The summed E-state index contributed by atoms with van der Waals surface area (Å²) < 4.78 is 5.70. The predicted molar refractivity (Wildman–Crippen MR) is 90.1 cm³/mol. The molecule has 0 aliphatic carbocycles. The Balaban J connectivity index is 1.64. The summed E-state index contributed by atoms with van der Waals surface area (Å²) >= 11 is 0. The zero-order valence-electron chi connectivity index (χ0n) is 13.5. The van der Waals surface area contributed by atoms with Crippen molar-refractivity contribution in [1.29, 1.82) is 0 Å². The van der Waals surface area contributed by atoms with Crippen molar-refractivity contribution in [3.05, 3.63) is 35.9 Å². The normalized spacial score (nSPS) is 17.7. The monoisotopic (exact) mass is 314 g/mol. The third-order valence-corrected chi connectivity index (χ3v) is 3.66. The van der Waals surface area contributed by atoms with Gasteiger partial charge in [-0.1, -0.05) is 0 Å². The molecule has 3 heterocycles. The number of rotatable bonds is 5. The fourth-order valence-electron chi connectivity index (χ4n) is 2.35. The van der Waals surface area contributed by atoms with E-state index in [0.29, 0.717) is 5.82 Å². The predicted octanol–water partition coefficient (Wildman–Crippen LogP) is 1.63. The van der Waals surface area contributed by atoms with Gasteiger partial charge < -0.3 is 20.7 Å². The first-order valence-corrected chi connectivity index (χ1v) is 7.79. The van der Waals surface area contributed by atoms with Crippen LogP contribution in [-0.2, 0) is 4.74 Å². The number of morpholine rings is 1. The van der Waals surface area contributed by atoms with E-state index in [1.165, 1.54) is 0 Å². The Bertz CT molecular complexity index is 640. The molecule has 1 atom stereocenters. The number of pyridine rings is 1. The topological polar surface area (TPSA) is 84.0 Å². The lowest BCUT2D eigenvalue weighted by Crippen LogP contribution is -2.42. The Morgan fingerprint density at radius 1 is 1.17 bits per heavy atom. The average Bonchev–Trinajstić information content (AvgIpc) is 2.58. The van der Waals surface area contributed by atoms with E-state index in [9.17, 15) is 0 Å². The third kappa shape index (κ3) is 4.37. The number of nitrogens with zero attached hydrogens (tertiary/aromatic N) is 3. The summed E-state index contributed by atoms with van der Waals surface area (Å²) in [5, 5.41) is 9.93. The van der Waals surface area contributed by atoms with Gasteiger partial charge in [-0.3, -0.25) is 4.98 Å². The van der Waals surface area contributed by atoms with Crippen molar-refractivity contribution in [2.75, 3.05) is 36.9 Å². The standard InChI is InChI=1S/C16H22N6O/c1-11-6-20-15(22-16-10-18-12(2)7-21-16)5-14(11)19-9-13-8-17-3-4-23-13/h5-7,10,13,17H,3-4,8-9H2,1-2H3,(H2,19,20,21,22)/t13-/m1/s1. The van der Waals surface area contributed by atoms with Crippen LogP contribution in [0.5, 0.6) is 0 Å². The third-order valence-electron chi connectivity index (χ3n) is 3.66. The van der Waals surface area contributed by atoms with Gasteiger partial charge in [-0.15, -0.1) is 0 Å². The Morgan fingerprint density at radius 3 is 2.78 bits per heavy atom. The molecule has 1 aliphatic rings. The number of hydrogen-bond donors (Lipinski definition) is 3. The van der Waals surface area contributed by atoms with Crippen LogP contribution in [0, 0.1) is 13.8 Å². The highest BCUT2D eigenvalue weighted by Gasteiger charge is 2.13. The summed E-state index contributed by atoms with van der Waals surface area (Å²) in [6, 6.07) is 1.98. The van der Waals surface area contributed by atoms with Crippen molar-refractivity contribution < 1.29 is 4.74 Å². The first-order chi connectivity index (χ1) is 11.2. The molecule has 1 saturated heterocycles. The summed E-state index contributed by atoms with van der Waals surface area (Å²) in [5.41, 5.74) is 3.02. The van der Waals surface area contributed by atoms with Crippen LogP contribution in [0.4, 0.5) is 17.3 Å². The van der Waals surface area contributed by atoms with Gasteiger partial charge in [-0.25, -0.2) is 9.97 Å². The molecule has 3 N–H and O–H groups in total. The first-order valence-electron chi connectivity index (χ1n) is 7.79. The molecule has 7 heteroatoms. The second-order valence-corrected chi connectivity index (χ2v) is 5.63. The summed E-state index contributed by atoms with van der Waals surface area (Å²) in [7, 11) is 0. The van der Waals surface area contributed by atoms with Crippen LogP contribution in [0.1, 0.15) is 11.3 Å². The summed E-state index contributed by atoms with van der Waals surface area (Å²) in [5.74, 6) is 1.41. The molecule has 2 aromatic heterocycles. The Kier molecular flexibility index (Phi) is 4.99. The van der Waals surface area contributed by atoms with Crippen LogP contribution in [0.15, 0.2) is 24.7 Å². The van der Waals surface area contributed by atoms with Crippen molar-refractivity contribution in [2.24, 2.45) is 0 Å². The van der Waals surface area contributed by atoms with Crippen LogP contribution < -0.4 is 16.0 Å². The van der Waals surface area contributed by atoms with Crippen LogP contribution in [0.25, 0.3) is 0 Å². The fourth-order valence-corrected chi connectivity index (χ4v) is 2.35. The molecule has 3 rings (SSSR count). The van der Waals surface area contributed by atoms with Gasteiger partial charge in [0.15, 0.2) is 0 Å². The molecule has 122 valence electrons. The molecule has 1 aliphatic heterocycles. The second-order valence-electron chi connectivity index (χ2n) is 5.63. The number of nitrogens with one attached hydrogen (secondary N) is 3. The lowest BCUT2D eigenvalue weighted by atomic mass is 10.2. The molecule has 0 saturated carbocycles. The van der Waals surface area contributed by atoms with Gasteiger partial charge in [-0.05, 0) is 19.4 Å². The second kappa shape index (κ2) is 7.34. The van der Waals surface area contributed by atoms with Gasteiger partial charge in [0.1, 0.15) is 11.6 Å². The molecular weight excluding hydrogens is 292 g/mol. The molecule has 0 spiro atoms. The Morgan fingerprint density at radius 2 is 2.04 bits per heavy atom. The zero-order valence-corrected chi connectivity index (χ0v) is 13.5. The Hall–Kier alpha value is -2.25. The Labute approximate surface area is 135 Å². The highest BCUT2D eigenvalue weighted by atomic mass is 16.5. The maximum atomic E-state index is 5.70. The number of anilines is 3. The molecular formula is C16H22N6O. The quantitative estimate of drug-likeness (QED) is 0.773. The van der Waals surface area contributed by atoms with E-state index in [1.807, 2.05) is 26.1 Å². The highest BCUT2D eigenvalue weighted by molar-refractivity contribution is 5.60. The van der Waals surface area contributed by atoms with Crippen LogP contribution in [0.2, 0.25) is 0 Å². The van der Waals surface area contributed by atoms with Crippen molar-refractivity contribution in [1.82, 2.24) is 20.3 Å². The van der Waals surface area contributed by atoms with Gasteiger partial charge in [0.25, 0.3) is 0 Å². The highest BCUT2D eigenvalue weighted by Crippen LogP contribution is 2.20. The summed E-state index contributed by atoms with van der Waals surface area (Å²) in [6.07, 6.45) is 5.46. The molecule has 23 heavy (non-hydrogen) atoms. The van der Waals surface area contributed by atoms with Gasteiger partial charge in [0, 0.05) is 37.6 Å². The van der Waals surface area contributed by atoms with Gasteiger partial charge >= 0.3 is 0 Å². The van der Waals surface area contributed by atoms with Crippen molar-refractivity contribution in [3.63, 3.8) is 0 Å². The molecule has 0 amide bonds. The molecule has 0 unspecified atom stereocenters. The minimum atomic E-state index is 0.190. The van der Waals surface area contributed by atoms with Crippen LogP contribution >= 0.6 is 0 Å². The van der Waals surface area contributed by atoms with E-state index >= 15 is 0 Å². The lowest BCUT2D eigenvalue weighted by molar-refractivity contribution is 0.0372. The van der Waals surface area contributed by atoms with Crippen molar-refractivity contribution >= 4 is 17.3 Å². The van der Waals surface area contributed by atoms with E-state index in [1.54, 1.807) is 12.4 Å². The van der Waals surface area contributed by atoms with Gasteiger partial charge in [0.2, 0.25) is 0 Å². The van der Waals surface area contributed by atoms with Crippen LogP contribution in [0.3, 0.4) is 0 Å². The zero-order chi connectivity index (χ0) is 16.1. The minimum absolute atomic E-state index is 0.190. The maximum absolute atomic E-state index is 5.70. The van der Waals surface area contributed by atoms with Crippen molar-refractivity contribution in [3.8, 4) is 0 Å². The largest absolute Gasteiger partial charge is 0.382 e. The number of hydrogen-bond acceptors (Lipinski definition) is 7. The van der Waals surface area contributed by atoms with Gasteiger partial charge in [-0.2, -0.15) is 0 Å². The number of aryl methyl sites for hydroxylation is 2. The average molecular weight is 314 g/mol. The van der Waals surface area contributed by atoms with Gasteiger partial charge in [0.05, 0.1) is 30.8 Å². The molecule has 0 bridgehead atoms. The van der Waals surface area contributed by atoms with Crippen molar-refractivity contribution in [2.45, 2.75) is 20.0 Å². The SMILES string of the molecule is Cc1cnc(Nc2cc(NC[C@H]3CNCCO3)c(C)cn2)cn1. The first kappa shape index (κ1) is 15.6. The smallest absolute Gasteiger partial charge is 0.150 e. The number of ether oxygens (including phenoxy) is 1. The number of aromatic nitrogens is 3. The molecule has 7 nitrogen and oxygen atoms in total. The van der Waals surface area contributed by atoms with E-state index < -0.39 is 0 Å². The minimum Gasteiger partial charge on any atom is -0.382 e. The fraction of sp³-hybridized carbons (Fsp3) is 0.438. The maximum Gasteiger partial charge on any atom is 0.150 e. The molecule has 1 fully saturated rings. The van der Waals surface area contributed by atoms with E-state index in [4.69, 9.17) is 4.74 Å².